The maximum absolute atomic E-state index is 5.66. The van der Waals surface area contributed by atoms with Gasteiger partial charge in [0, 0.05) is 24.5 Å². The van der Waals surface area contributed by atoms with Gasteiger partial charge in [0.2, 0.25) is 0 Å². The molecule has 0 bridgehead atoms. The molecule has 0 radical (unpaired) electrons. The number of nitrogen functional groups attached to an aromatic ring is 1. The third kappa shape index (κ3) is 1.42. The second-order valence-electron chi connectivity index (χ2n) is 2.33. The van der Waals surface area contributed by atoms with Crippen molar-refractivity contribution in [1.82, 2.24) is 4.98 Å². The molecule has 60 valence electrons. The Morgan fingerprint density at radius 2 is 2.36 bits per heavy atom. The van der Waals surface area contributed by atoms with Gasteiger partial charge in [0.25, 0.3) is 0 Å². The lowest BCUT2D eigenvalue weighted by molar-refractivity contribution is 1.11. The molecule has 0 saturated heterocycles. The lowest BCUT2D eigenvalue weighted by Gasteiger charge is -2.07. The Balaban J connectivity index is 3.13. The minimum absolute atomic E-state index is 0.624. The molecule has 3 heteroatoms. The van der Waals surface area contributed by atoms with Gasteiger partial charge in [-0.2, -0.15) is 0 Å². The molecule has 1 rings (SSSR count). The Labute approximate surface area is 66.6 Å². The summed E-state index contributed by atoms with van der Waals surface area (Å²) in [7, 11) is 1.88. The van der Waals surface area contributed by atoms with E-state index in [0.717, 1.165) is 17.7 Å². The van der Waals surface area contributed by atoms with E-state index in [-0.39, 0.29) is 0 Å². The van der Waals surface area contributed by atoms with E-state index in [0.29, 0.717) is 5.82 Å². The van der Waals surface area contributed by atoms with Gasteiger partial charge in [-0.3, -0.25) is 0 Å². The molecule has 3 N–H and O–H groups in total. The van der Waals surface area contributed by atoms with Crippen LogP contribution in [-0.2, 0) is 6.42 Å². The molecule has 3 nitrogen and oxygen atoms in total. The zero-order valence-corrected chi connectivity index (χ0v) is 6.89. The summed E-state index contributed by atoms with van der Waals surface area (Å²) in [6.45, 7) is 2.06. The predicted octanol–water partition coefficient (Wildman–Crippen LogP) is 1.27. The second kappa shape index (κ2) is 3.23. The van der Waals surface area contributed by atoms with Crippen LogP contribution in [0.4, 0.5) is 11.5 Å². The molecule has 1 aromatic heterocycles. The van der Waals surface area contributed by atoms with E-state index in [1.54, 1.807) is 6.20 Å². The molecule has 11 heavy (non-hydrogen) atoms. The number of nitrogens with zero attached hydrogens (tertiary/aromatic N) is 1. The molecule has 0 saturated carbocycles. The molecule has 0 aliphatic carbocycles. The highest BCUT2D eigenvalue weighted by molar-refractivity contribution is 5.59. The first-order valence-electron chi connectivity index (χ1n) is 3.70. The second-order valence-corrected chi connectivity index (χ2v) is 2.33. The molecule has 0 fully saturated rings. The number of hydrogen-bond donors (Lipinski definition) is 2. The highest BCUT2D eigenvalue weighted by Crippen LogP contribution is 2.18. The lowest BCUT2D eigenvalue weighted by atomic mass is 10.1. The molecule has 0 unspecified atom stereocenters. The summed E-state index contributed by atoms with van der Waals surface area (Å²) in [5.41, 5.74) is 7.82. The number of rotatable bonds is 2. The number of pyridine rings is 1. The van der Waals surface area contributed by atoms with Crippen LogP contribution >= 0.6 is 0 Å². The van der Waals surface area contributed by atoms with E-state index in [4.69, 9.17) is 5.73 Å². The minimum Gasteiger partial charge on any atom is -0.388 e. The smallest absolute Gasteiger partial charge is 0.128 e. The van der Waals surface area contributed by atoms with Crippen LogP contribution < -0.4 is 11.1 Å². The van der Waals surface area contributed by atoms with Gasteiger partial charge in [-0.05, 0) is 12.5 Å². The van der Waals surface area contributed by atoms with Crippen LogP contribution in [-0.4, -0.2) is 12.0 Å². The van der Waals surface area contributed by atoms with Crippen molar-refractivity contribution in [3.8, 4) is 0 Å². The molecular formula is C8H13N3. The van der Waals surface area contributed by atoms with E-state index in [1.165, 1.54) is 0 Å². The van der Waals surface area contributed by atoms with Crippen LogP contribution in [0.15, 0.2) is 12.3 Å². The summed E-state index contributed by atoms with van der Waals surface area (Å²) in [6, 6.07) is 1.93. The number of anilines is 2. The Morgan fingerprint density at radius 3 is 2.82 bits per heavy atom. The minimum atomic E-state index is 0.624. The number of nitrogens with two attached hydrogens (primary N) is 1. The number of aromatic nitrogens is 1. The standard InChI is InChI=1S/C8H13N3/c1-3-6-7(10-2)4-5-11-8(6)9/h4-5H,3H2,1-2H3,(H3,9,10,11). The Bertz CT molecular complexity index is 245. The zero-order valence-electron chi connectivity index (χ0n) is 6.89. The van der Waals surface area contributed by atoms with Crippen molar-refractivity contribution in [2.45, 2.75) is 13.3 Å². The largest absolute Gasteiger partial charge is 0.388 e. The summed E-state index contributed by atoms with van der Waals surface area (Å²) >= 11 is 0. The Morgan fingerprint density at radius 1 is 1.64 bits per heavy atom. The fraction of sp³-hybridized carbons (Fsp3) is 0.375. The van der Waals surface area contributed by atoms with Crippen LogP contribution in [0.5, 0.6) is 0 Å². The van der Waals surface area contributed by atoms with Gasteiger partial charge in [0.1, 0.15) is 5.82 Å². The fourth-order valence-corrected chi connectivity index (χ4v) is 1.11. The first kappa shape index (κ1) is 7.85. The molecule has 0 atom stereocenters. The van der Waals surface area contributed by atoms with Crippen LogP contribution in [0.25, 0.3) is 0 Å². The quantitative estimate of drug-likeness (QED) is 0.669. The summed E-state index contributed by atoms with van der Waals surface area (Å²) in [4.78, 5) is 4.00. The maximum atomic E-state index is 5.66. The molecular weight excluding hydrogens is 138 g/mol. The molecule has 1 heterocycles. The van der Waals surface area contributed by atoms with Gasteiger partial charge < -0.3 is 11.1 Å². The highest BCUT2D eigenvalue weighted by Gasteiger charge is 2.01. The number of hydrogen-bond acceptors (Lipinski definition) is 3. The van der Waals surface area contributed by atoms with Gasteiger partial charge in [-0.15, -0.1) is 0 Å². The lowest BCUT2D eigenvalue weighted by Crippen LogP contribution is -2.01. The zero-order chi connectivity index (χ0) is 8.27. The molecule has 1 aromatic rings. The van der Waals surface area contributed by atoms with Crippen molar-refractivity contribution in [3.05, 3.63) is 17.8 Å². The Hall–Kier alpha value is -1.25. The van der Waals surface area contributed by atoms with Gasteiger partial charge in [0.15, 0.2) is 0 Å². The van der Waals surface area contributed by atoms with Crippen molar-refractivity contribution in [1.29, 1.82) is 0 Å². The monoisotopic (exact) mass is 151 g/mol. The summed E-state index contributed by atoms with van der Waals surface area (Å²) in [5, 5.41) is 3.07. The van der Waals surface area contributed by atoms with E-state index in [1.807, 2.05) is 13.1 Å². The fourth-order valence-electron chi connectivity index (χ4n) is 1.11. The van der Waals surface area contributed by atoms with Crippen molar-refractivity contribution < 1.29 is 0 Å². The SMILES string of the molecule is CCc1c(NC)ccnc1N. The van der Waals surface area contributed by atoms with Crippen molar-refractivity contribution >= 4 is 11.5 Å². The van der Waals surface area contributed by atoms with Crippen LogP contribution in [0.3, 0.4) is 0 Å². The molecule has 0 amide bonds. The molecule has 0 aliphatic rings. The van der Waals surface area contributed by atoms with E-state index < -0.39 is 0 Å². The highest BCUT2D eigenvalue weighted by atomic mass is 14.9. The third-order valence-electron chi connectivity index (χ3n) is 1.71. The van der Waals surface area contributed by atoms with Crippen LogP contribution in [0.2, 0.25) is 0 Å². The van der Waals surface area contributed by atoms with Gasteiger partial charge >= 0.3 is 0 Å². The normalized spacial score (nSPS) is 9.64. The third-order valence-corrected chi connectivity index (χ3v) is 1.71. The maximum Gasteiger partial charge on any atom is 0.128 e. The predicted molar refractivity (Wildman–Crippen MR) is 47.6 cm³/mol. The molecule has 0 aliphatic heterocycles. The number of nitrogens with one attached hydrogen (secondary N) is 1. The molecule has 0 aromatic carbocycles. The van der Waals surface area contributed by atoms with Crippen LogP contribution in [0.1, 0.15) is 12.5 Å². The first-order valence-corrected chi connectivity index (χ1v) is 3.70. The first-order chi connectivity index (χ1) is 5.29. The van der Waals surface area contributed by atoms with Gasteiger partial charge in [-0.25, -0.2) is 4.98 Å². The van der Waals surface area contributed by atoms with Gasteiger partial charge in [-0.1, -0.05) is 6.92 Å². The summed E-state index contributed by atoms with van der Waals surface area (Å²) in [6.07, 6.45) is 2.62. The summed E-state index contributed by atoms with van der Waals surface area (Å²) < 4.78 is 0. The topological polar surface area (TPSA) is 50.9 Å². The van der Waals surface area contributed by atoms with E-state index >= 15 is 0 Å². The summed E-state index contributed by atoms with van der Waals surface area (Å²) in [5.74, 6) is 0.624. The van der Waals surface area contributed by atoms with Crippen molar-refractivity contribution in [2.75, 3.05) is 18.1 Å². The average Bonchev–Trinajstić information content (AvgIpc) is 2.04. The van der Waals surface area contributed by atoms with Gasteiger partial charge in [0.05, 0.1) is 0 Å². The van der Waals surface area contributed by atoms with Crippen molar-refractivity contribution in [3.63, 3.8) is 0 Å². The average molecular weight is 151 g/mol. The molecule has 0 spiro atoms. The van der Waals surface area contributed by atoms with E-state index in [2.05, 4.69) is 17.2 Å². The van der Waals surface area contributed by atoms with Crippen LogP contribution in [0, 0.1) is 0 Å². The van der Waals surface area contributed by atoms with Crippen molar-refractivity contribution in [2.24, 2.45) is 0 Å². The Kier molecular flexibility index (Phi) is 2.31. The van der Waals surface area contributed by atoms with E-state index in [9.17, 15) is 0 Å².